The van der Waals surface area contributed by atoms with Crippen molar-refractivity contribution in [2.24, 2.45) is 0 Å². The molecule has 0 spiro atoms. The van der Waals surface area contributed by atoms with Gasteiger partial charge in [-0.3, -0.25) is 4.79 Å². The highest BCUT2D eigenvalue weighted by molar-refractivity contribution is 6.02. The fourth-order valence-electron chi connectivity index (χ4n) is 1.79. The molecule has 0 bridgehead atoms. The lowest BCUT2D eigenvalue weighted by molar-refractivity contribution is -0.116. The van der Waals surface area contributed by atoms with Crippen LogP contribution in [0.1, 0.15) is 12.5 Å². The van der Waals surface area contributed by atoms with Gasteiger partial charge in [0.05, 0.1) is 7.11 Å². The van der Waals surface area contributed by atoms with Crippen LogP contribution in [0.25, 0.3) is 6.08 Å². The minimum atomic E-state index is -0.422. The molecular formula is C14H14N2O4. The van der Waals surface area contributed by atoms with Gasteiger partial charge < -0.3 is 19.5 Å². The van der Waals surface area contributed by atoms with Gasteiger partial charge in [0.15, 0.2) is 11.5 Å². The summed E-state index contributed by atoms with van der Waals surface area (Å²) in [5, 5.41) is 11.6. The molecule has 0 saturated carbocycles. The van der Waals surface area contributed by atoms with Gasteiger partial charge in [0.2, 0.25) is 6.79 Å². The average Bonchev–Trinajstić information content (AvgIpc) is 2.90. The van der Waals surface area contributed by atoms with Crippen molar-refractivity contribution in [3.63, 3.8) is 0 Å². The highest BCUT2D eigenvalue weighted by atomic mass is 16.7. The number of carbonyl (C=O) groups excluding carboxylic acids is 1. The smallest absolute Gasteiger partial charge is 0.261 e. The highest BCUT2D eigenvalue weighted by Crippen LogP contribution is 2.38. The molecule has 6 heteroatoms. The van der Waals surface area contributed by atoms with Gasteiger partial charge in [-0.05, 0) is 19.1 Å². The molecule has 1 heterocycles. The molecule has 0 saturated heterocycles. The van der Waals surface area contributed by atoms with E-state index in [4.69, 9.17) is 19.5 Å². The highest BCUT2D eigenvalue weighted by Gasteiger charge is 2.18. The summed E-state index contributed by atoms with van der Waals surface area (Å²) in [5.41, 5.74) is 0.587. The Morgan fingerprint density at radius 1 is 1.50 bits per heavy atom. The zero-order valence-electron chi connectivity index (χ0n) is 11.2. The number of amides is 1. The van der Waals surface area contributed by atoms with E-state index >= 15 is 0 Å². The van der Waals surface area contributed by atoms with Gasteiger partial charge in [-0.25, -0.2) is 0 Å². The summed E-state index contributed by atoms with van der Waals surface area (Å²) in [6, 6.07) is 5.22. The summed E-state index contributed by atoms with van der Waals surface area (Å²) in [6.45, 7) is 2.39. The second-order valence-corrected chi connectivity index (χ2v) is 3.98. The SMILES string of the molecule is CCNC(=O)/C(C#N)=C/c1cc2c(cc1OC)OCO2. The molecule has 1 aliphatic heterocycles. The molecule has 104 valence electrons. The molecule has 0 aliphatic carbocycles. The van der Waals surface area contributed by atoms with Crippen molar-refractivity contribution in [3.05, 3.63) is 23.3 Å². The molecule has 1 N–H and O–H groups in total. The number of likely N-dealkylation sites (N-methyl/N-ethyl adjacent to an activating group) is 1. The maximum absolute atomic E-state index is 11.7. The predicted molar refractivity (Wildman–Crippen MR) is 71.4 cm³/mol. The maximum Gasteiger partial charge on any atom is 0.261 e. The number of benzene rings is 1. The molecule has 0 unspecified atom stereocenters. The van der Waals surface area contributed by atoms with Gasteiger partial charge in [0, 0.05) is 18.2 Å². The Morgan fingerprint density at radius 3 is 2.80 bits per heavy atom. The van der Waals surface area contributed by atoms with Gasteiger partial charge in [-0.1, -0.05) is 0 Å². The molecular weight excluding hydrogens is 260 g/mol. The number of hydrogen-bond donors (Lipinski definition) is 1. The summed E-state index contributed by atoms with van der Waals surface area (Å²) in [5.74, 6) is 1.22. The number of nitrogens with zero attached hydrogens (tertiary/aromatic N) is 1. The fourth-order valence-corrected chi connectivity index (χ4v) is 1.79. The van der Waals surface area contributed by atoms with Crippen LogP contribution in [0.5, 0.6) is 17.2 Å². The summed E-state index contributed by atoms with van der Waals surface area (Å²) < 4.78 is 15.8. The molecule has 20 heavy (non-hydrogen) atoms. The fraction of sp³-hybridized carbons (Fsp3) is 0.286. The first-order valence-corrected chi connectivity index (χ1v) is 6.07. The molecule has 0 radical (unpaired) electrons. The third-order valence-electron chi connectivity index (χ3n) is 2.73. The second kappa shape index (κ2) is 5.97. The Balaban J connectivity index is 2.41. The lowest BCUT2D eigenvalue weighted by Gasteiger charge is -2.07. The lowest BCUT2D eigenvalue weighted by atomic mass is 10.1. The van der Waals surface area contributed by atoms with Crippen LogP contribution >= 0.6 is 0 Å². The van der Waals surface area contributed by atoms with E-state index in [1.54, 1.807) is 19.1 Å². The van der Waals surface area contributed by atoms with Gasteiger partial charge >= 0.3 is 0 Å². The van der Waals surface area contributed by atoms with Crippen LogP contribution in [0.4, 0.5) is 0 Å². The Hall–Kier alpha value is -2.68. The van der Waals surface area contributed by atoms with Gasteiger partial charge in [0.1, 0.15) is 17.4 Å². The summed E-state index contributed by atoms with van der Waals surface area (Å²) in [7, 11) is 1.51. The van der Waals surface area contributed by atoms with Crippen molar-refractivity contribution in [2.75, 3.05) is 20.4 Å². The largest absolute Gasteiger partial charge is 0.496 e. The van der Waals surface area contributed by atoms with E-state index in [1.165, 1.54) is 13.2 Å². The molecule has 0 atom stereocenters. The number of hydrogen-bond acceptors (Lipinski definition) is 5. The van der Waals surface area contributed by atoms with Crippen LogP contribution in [0.2, 0.25) is 0 Å². The van der Waals surface area contributed by atoms with Crippen molar-refractivity contribution >= 4 is 12.0 Å². The molecule has 1 aromatic carbocycles. The molecule has 1 aliphatic rings. The number of nitriles is 1. The molecule has 1 aromatic rings. The third kappa shape index (κ3) is 2.67. The van der Waals surface area contributed by atoms with Crippen molar-refractivity contribution in [3.8, 4) is 23.3 Å². The quantitative estimate of drug-likeness (QED) is 0.664. The Kier molecular flexibility index (Phi) is 4.11. The minimum Gasteiger partial charge on any atom is -0.496 e. The Bertz CT molecular complexity index is 602. The number of rotatable bonds is 4. The van der Waals surface area contributed by atoms with Gasteiger partial charge in [-0.2, -0.15) is 5.26 Å². The number of methoxy groups -OCH3 is 1. The Labute approximate surface area is 116 Å². The average molecular weight is 274 g/mol. The molecule has 1 amide bonds. The minimum absolute atomic E-state index is 0.00372. The first-order chi connectivity index (χ1) is 9.69. The molecule has 6 nitrogen and oxygen atoms in total. The molecule has 0 fully saturated rings. The van der Waals surface area contributed by atoms with Crippen LogP contribution in [0.3, 0.4) is 0 Å². The van der Waals surface area contributed by atoms with E-state index in [9.17, 15) is 4.79 Å². The van der Waals surface area contributed by atoms with Crippen LogP contribution in [0, 0.1) is 11.3 Å². The van der Waals surface area contributed by atoms with E-state index in [0.29, 0.717) is 29.4 Å². The van der Waals surface area contributed by atoms with Crippen LogP contribution in [-0.4, -0.2) is 26.4 Å². The summed E-state index contributed by atoms with van der Waals surface area (Å²) in [6.07, 6.45) is 1.46. The monoisotopic (exact) mass is 274 g/mol. The standard InChI is InChI=1S/C14H14N2O4/c1-3-16-14(17)10(7-15)4-9-5-12-13(20-8-19-12)6-11(9)18-2/h4-6H,3,8H2,1-2H3,(H,16,17)/b10-4+. The lowest BCUT2D eigenvalue weighted by Crippen LogP contribution is -2.23. The third-order valence-corrected chi connectivity index (χ3v) is 2.73. The molecule has 0 aromatic heterocycles. The van der Waals surface area contributed by atoms with E-state index < -0.39 is 5.91 Å². The zero-order valence-corrected chi connectivity index (χ0v) is 11.2. The number of nitrogens with one attached hydrogen (secondary N) is 1. The van der Waals surface area contributed by atoms with E-state index in [0.717, 1.165) is 0 Å². The van der Waals surface area contributed by atoms with Gasteiger partial charge in [0.25, 0.3) is 5.91 Å². The molecule has 2 rings (SSSR count). The van der Waals surface area contributed by atoms with Crippen molar-refractivity contribution in [2.45, 2.75) is 6.92 Å². The van der Waals surface area contributed by atoms with Crippen LogP contribution < -0.4 is 19.5 Å². The van der Waals surface area contributed by atoms with Crippen LogP contribution in [-0.2, 0) is 4.79 Å². The number of fused-ring (bicyclic) bond motifs is 1. The summed E-state index contributed by atoms with van der Waals surface area (Å²) in [4.78, 5) is 11.7. The second-order valence-electron chi connectivity index (χ2n) is 3.98. The van der Waals surface area contributed by atoms with E-state index in [1.807, 2.05) is 6.07 Å². The Morgan fingerprint density at radius 2 is 2.20 bits per heavy atom. The summed E-state index contributed by atoms with van der Waals surface area (Å²) >= 11 is 0. The van der Waals surface area contributed by atoms with Crippen LogP contribution in [0.15, 0.2) is 17.7 Å². The normalized spacial score (nSPS) is 12.8. The van der Waals surface area contributed by atoms with Crippen molar-refractivity contribution in [1.29, 1.82) is 5.26 Å². The topological polar surface area (TPSA) is 80.6 Å². The van der Waals surface area contributed by atoms with Crippen molar-refractivity contribution in [1.82, 2.24) is 5.32 Å². The predicted octanol–water partition coefficient (Wildman–Crippen LogP) is 1.47. The van der Waals surface area contributed by atoms with E-state index in [-0.39, 0.29) is 12.4 Å². The number of carbonyl (C=O) groups is 1. The zero-order chi connectivity index (χ0) is 14.5. The number of ether oxygens (including phenoxy) is 3. The van der Waals surface area contributed by atoms with E-state index in [2.05, 4.69) is 5.32 Å². The first-order valence-electron chi connectivity index (χ1n) is 6.07. The first kappa shape index (κ1) is 13.7. The van der Waals surface area contributed by atoms with Gasteiger partial charge in [-0.15, -0.1) is 0 Å². The maximum atomic E-state index is 11.7. The van der Waals surface area contributed by atoms with Crippen molar-refractivity contribution < 1.29 is 19.0 Å².